The molecule has 0 bridgehead atoms. The summed E-state index contributed by atoms with van der Waals surface area (Å²) in [7, 11) is 1.67. The van der Waals surface area contributed by atoms with Crippen LogP contribution >= 0.6 is 0 Å². The molecule has 0 saturated carbocycles. The molecule has 1 unspecified atom stereocenters. The fraction of sp³-hybridized carbons (Fsp3) is 0.269. The van der Waals surface area contributed by atoms with Crippen molar-refractivity contribution in [3.63, 3.8) is 0 Å². The van der Waals surface area contributed by atoms with E-state index in [-0.39, 0.29) is 17.1 Å². The van der Waals surface area contributed by atoms with Gasteiger partial charge < -0.3 is 10.1 Å². The molecule has 0 radical (unpaired) electrons. The quantitative estimate of drug-likeness (QED) is 0.585. The molecule has 1 atom stereocenters. The third-order valence-electron chi connectivity index (χ3n) is 6.21. The average Bonchev–Trinajstić information content (AvgIpc) is 2.71. The van der Waals surface area contributed by atoms with Gasteiger partial charge in [-0.25, -0.2) is 0 Å². The molecule has 146 valence electrons. The van der Waals surface area contributed by atoms with Gasteiger partial charge in [-0.2, -0.15) is 0 Å². The zero-order valence-corrected chi connectivity index (χ0v) is 17.1. The summed E-state index contributed by atoms with van der Waals surface area (Å²) < 4.78 is 5.35. The number of methoxy groups -OCH3 is 1. The number of Topliss-reactive ketones (excluding diaryl/α,β-unsaturated/α-hetero) is 1. The van der Waals surface area contributed by atoms with Crippen LogP contribution in [0.3, 0.4) is 0 Å². The second-order valence-electron chi connectivity index (χ2n) is 8.92. The van der Waals surface area contributed by atoms with Crippen LogP contribution < -0.4 is 10.1 Å². The van der Waals surface area contributed by atoms with Gasteiger partial charge in [0.1, 0.15) is 5.75 Å². The van der Waals surface area contributed by atoms with E-state index in [0.29, 0.717) is 6.42 Å². The van der Waals surface area contributed by atoms with Gasteiger partial charge in [-0.1, -0.05) is 62.4 Å². The third kappa shape index (κ3) is 2.93. The number of anilines is 1. The number of hydrogen-bond donors (Lipinski definition) is 1. The van der Waals surface area contributed by atoms with Gasteiger partial charge in [0.15, 0.2) is 5.78 Å². The van der Waals surface area contributed by atoms with Gasteiger partial charge in [0.2, 0.25) is 0 Å². The molecule has 0 spiro atoms. The Kier molecular flexibility index (Phi) is 4.02. The lowest BCUT2D eigenvalue weighted by molar-refractivity contribution is -0.118. The van der Waals surface area contributed by atoms with Gasteiger partial charge >= 0.3 is 0 Å². The van der Waals surface area contributed by atoms with E-state index in [1.165, 1.54) is 16.3 Å². The highest BCUT2D eigenvalue weighted by atomic mass is 16.5. The molecule has 29 heavy (non-hydrogen) atoms. The van der Waals surface area contributed by atoms with E-state index in [9.17, 15) is 4.79 Å². The van der Waals surface area contributed by atoms with Gasteiger partial charge in [-0.15, -0.1) is 0 Å². The van der Waals surface area contributed by atoms with Crippen LogP contribution in [0.1, 0.15) is 43.7 Å². The van der Waals surface area contributed by atoms with Crippen molar-refractivity contribution >= 4 is 22.2 Å². The lowest BCUT2D eigenvalue weighted by Gasteiger charge is -2.40. The number of allylic oxidation sites excluding steroid dienone is 2. The summed E-state index contributed by atoms with van der Waals surface area (Å²) in [6.07, 6.45) is 1.46. The molecule has 2 aliphatic rings. The monoisotopic (exact) mass is 383 g/mol. The van der Waals surface area contributed by atoms with Crippen LogP contribution in [0.2, 0.25) is 0 Å². The van der Waals surface area contributed by atoms with E-state index in [4.69, 9.17) is 4.74 Å². The summed E-state index contributed by atoms with van der Waals surface area (Å²) >= 11 is 0. The first-order valence-electron chi connectivity index (χ1n) is 10.2. The average molecular weight is 383 g/mol. The first-order chi connectivity index (χ1) is 14.0. The topological polar surface area (TPSA) is 38.3 Å². The van der Waals surface area contributed by atoms with Crippen LogP contribution in [0.4, 0.5) is 5.69 Å². The molecule has 0 aromatic heterocycles. The highest BCUT2D eigenvalue weighted by Gasteiger charge is 2.40. The van der Waals surface area contributed by atoms with E-state index in [1.54, 1.807) is 7.11 Å². The molecule has 3 aromatic rings. The lowest BCUT2D eigenvalue weighted by atomic mass is 9.68. The van der Waals surface area contributed by atoms with Crippen LogP contribution in [0.25, 0.3) is 10.8 Å². The zero-order chi connectivity index (χ0) is 20.2. The van der Waals surface area contributed by atoms with Gasteiger partial charge in [0.25, 0.3) is 0 Å². The summed E-state index contributed by atoms with van der Waals surface area (Å²) in [6.45, 7) is 4.36. The Balaban J connectivity index is 1.76. The summed E-state index contributed by atoms with van der Waals surface area (Å²) in [5, 5.41) is 6.09. The van der Waals surface area contributed by atoms with Crippen molar-refractivity contribution in [2.24, 2.45) is 5.41 Å². The molecule has 3 heteroatoms. The molecular weight excluding hydrogens is 358 g/mol. The number of carbonyl (C=O) groups is 1. The van der Waals surface area contributed by atoms with Crippen LogP contribution in [0, 0.1) is 5.41 Å². The predicted octanol–water partition coefficient (Wildman–Crippen LogP) is 6.05. The largest absolute Gasteiger partial charge is 0.497 e. The second-order valence-corrected chi connectivity index (χ2v) is 8.92. The van der Waals surface area contributed by atoms with Crippen LogP contribution in [-0.4, -0.2) is 12.9 Å². The fourth-order valence-corrected chi connectivity index (χ4v) is 4.90. The van der Waals surface area contributed by atoms with Gasteiger partial charge in [0.05, 0.1) is 12.8 Å². The smallest absolute Gasteiger partial charge is 0.162 e. The molecule has 0 fully saturated rings. The maximum absolute atomic E-state index is 13.3. The second kappa shape index (κ2) is 6.48. The van der Waals surface area contributed by atoms with Crippen molar-refractivity contribution in [2.75, 3.05) is 12.4 Å². The molecular formula is C26H25NO2. The van der Waals surface area contributed by atoms with Crippen molar-refractivity contribution in [2.45, 2.75) is 32.6 Å². The van der Waals surface area contributed by atoms with E-state index in [0.717, 1.165) is 34.7 Å². The molecule has 1 aliphatic heterocycles. The molecule has 5 rings (SSSR count). The Morgan fingerprint density at radius 3 is 2.48 bits per heavy atom. The maximum atomic E-state index is 13.3. The van der Waals surface area contributed by atoms with Crippen molar-refractivity contribution < 1.29 is 9.53 Å². The minimum absolute atomic E-state index is 0.0323. The molecule has 3 nitrogen and oxygen atoms in total. The lowest BCUT2D eigenvalue weighted by Crippen LogP contribution is -2.33. The minimum Gasteiger partial charge on any atom is -0.497 e. The molecule has 1 heterocycles. The summed E-state index contributed by atoms with van der Waals surface area (Å²) in [5.41, 5.74) is 5.40. The van der Waals surface area contributed by atoms with E-state index in [2.05, 4.69) is 67.7 Å². The van der Waals surface area contributed by atoms with E-state index < -0.39 is 0 Å². The number of carbonyl (C=O) groups excluding carboxylic acids is 1. The minimum atomic E-state index is -0.0552. The number of benzene rings is 3. The predicted molar refractivity (Wildman–Crippen MR) is 117 cm³/mol. The first kappa shape index (κ1) is 18.0. The Bertz CT molecular complexity index is 1160. The summed E-state index contributed by atoms with van der Waals surface area (Å²) in [4.78, 5) is 13.3. The summed E-state index contributed by atoms with van der Waals surface area (Å²) in [5.74, 6) is 1.02. The number of fused-ring (bicyclic) bond motifs is 3. The standard InChI is InChI=1S/C26H25NO2/c1-26(2)14-21-24(22(28)15-26)23(17-8-11-18(29-3)12-9-17)20-13-10-16-6-4-5-7-19(16)25(20)27-21/h4-13,23,27H,14-15H2,1-3H3. The van der Waals surface area contributed by atoms with Crippen LogP contribution in [0.15, 0.2) is 71.9 Å². The number of ether oxygens (including phenoxy) is 1. The van der Waals surface area contributed by atoms with Crippen LogP contribution in [0.5, 0.6) is 5.75 Å². The molecule has 1 N–H and O–H groups in total. The Morgan fingerprint density at radius 2 is 1.72 bits per heavy atom. The Hall–Kier alpha value is -3.07. The Labute approximate surface area is 171 Å². The zero-order valence-electron chi connectivity index (χ0n) is 17.1. The number of hydrogen-bond acceptors (Lipinski definition) is 3. The number of ketones is 1. The number of rotatable bonds is 2. The Morgan fingerprint density at radius 1 is 0.966 bits per heavy atom. The molecule has 0 saturated heterocycles. The maximum Gasteiger partial charge on any atom is 0.162 e. The van der Waals surface area contributed by atoms with Gasteiger partial charge in [-0.3, -0.25) is 4.79 Å². The van der Waals surface area contributed by atoms with Gasteiger partial charge in [0, 0.05) is 29.0 Å². The molecule has 1 aliphatic carbocycles. The van der Waals surface area contributed by atoms with Crippen molar-refractivity contribution in [1.82, 2.24) is 0 Å². The SMILES string of the molecule is COc1ccc(C2C3=C(CC(C)(C)CC3=O)Nc3c2ccc2ccccc32)cc1. The molecule has 3 aromatic carbocycles. The normalized spacial score (nSPS) is 20.1. The summed E-state index contributed by atoms with van der Waals surface area (Å²) in [6, 6.07) is 20.9. The van der Waals surface area contributed by atoms with Crippen molar-refractivity contribution in [3.8, 4) is 5.75 Å². The third-order valence-corrected chi connectivity index (χ3v) is 6.21. The van der Waals surface area contributed by atoms with Crippen molar-refractivity contribution in [1.29, 1.82) is 0 Å². The highest BCUT2D eigenvalue weighted by Crippen LogP contribution is 2.50. The van der Waals surface area contributed by atoms with E-state index >= 15 is 0 Å². The number of nitrogens with one attached hydrogen (secondary N) is 1. The van der Waals surface area contributed by atoms with Crippen molar-refractivity contribution in [3.05, 3.63) is 83.1 Å². The highest BCUT2D eigenvalue weighted by molar-refractivity contribution is 6.05. The fourth-order valence-electron chi connectivity index (χ4n) is 4.90. The van der Waals surface area contributed by atoms with E-state index in [1.807, 2.05) is 12.1 Å². The molecule has 0 amide bonds. The van der Waals surface area contributed by atoms with Gasteiger partial charge in [-0.05, 0) is 40.5 Å². The first-order valence-corrected chi connectivity index (χ1v) is 10.2. The van der Waals surface area contributed by atoms with Crippen LogP contribution in [-0.2, 0) is 4.79 Å².